The zero-order valence-corrected chi connectivity index (χ0v) is 17.0. The van der Waals surface area contributed by atoms with Gasteiger partial charge in [-0.3, -0.25) is 9.78 Å². The number of pyridine rings is 1. The first-order valence-electron chi connectivity index (χ1n) is 8.99. The number of hydrogen-bond acceptors (Lipinski definition) is 6. The number of likely N-dealkylation sites (N-methyl/N-ethyl adjacent to an activating group) is 1. The predicted molar refractivity (Wildman–Crippen MR) is 110 cm³/mol. The van der Waals surface area contributed by atoms with Crippen LogP contribution in [0.1, 0.15) is 18.2 Å². The fourth-order valence-electron chi connectivity index (χ4n) is 2.84. The van der Waals surface area contributed by atoms with Crippen LogP contribution in [0.4, 0.5) is 0 Å². The number of aromatic nitrogens is 2. The van der Waals surface area contributed by atoms with Crippen LogP contribution in [0.15, 0.2) is 48.0 Å². The third-order valence-electron chi connectivity index (χ3n) is 4.32. The van der Waals surface area contributed by atoms with E-state index in [1.165, 1.54) is 11.3 Å². The maximum Gasteiger partial charge on any atom is 0.228 e. The Morgan fingerprint density at radius 2 is 1.96 bits per heavy atom. The van der Waals surface area contributed by atoms with Crippen LogP contribution in [0.5, 0.6) is 11.5 Å². The van der Waals surface area contributed by atoms with Gasteiger partial charge in [0.15, 0.2) is 11.5 Å². The molecular formula is C21H23N3O3S. The van der Waals surface area contributed by atoms with Crippen molar-refractivity contribution in [2.75, 3.05) is 20.8 Å². The lowest BCUT2D eigenvalue weighted by atomic mass is 10.1. The average molecular weight is 398 g/mol. The van der Waals surface area contributed by atoms with E-state index in [1.54, 1.807) is 25.3 Å². The molecule has 0 saturated carbocycles. The molecule has 0 radical (unpaired) electrons. The van der Waals surface area contributed by atoms with Gasteiger partial charge < -0.3 is 14.4 Å². The molecule has 6 nitrogen and oxygen atoms in total. The largest absolute Gasteiger partial charge is 0.493 e. The summed E-state index contributed by atoms with van der Waals surface area (Å²) in [4.78, 5) is 23.5. The molecule has 0 spiro atoms. The molecule has 0 saturated heterocycles. The van der Waals surface area contributed by atoms with Crippen LogP contribution in [0.2, 0.25) is 0 Å². The second-order valence-corrected chi connectivity index (χ2v) is 6.99. The Morgan fingerprint density at radius 3 is 2.64 bits per heavy atom. The number of ether oxygens (including phenoxy) is 2. The summed E-state index contributed by atoms with van der Waals surface area (Å²) in [5.41, 5.74) is 2.57. The van der Waals surface area contributed by atoms with E-state index in [0.717, 1.165) is 22.0 Å². The molecule has 0 atom stereocenters. The quantitative estimate of drug-likeness (QED) is 0.578. The summed E-state index contributed by atoms with van der Waals surface area (Å²) in [5, 5.41) is 2.75. The smallest absolute Gasteiger partial charge is 0.228 e. The lowest BCUT2D eigenvalue weighted by Gasteiger charge is -2.21. The molecular weight excluding hydrogens is 374 g/mol. The molecule has 0 aliphatic carbocycles. The highest BCUT2D eigenvalue weighted by atomic mass is 32.1. The van der Waals surface area contributed by atoms with Gasteiger partial charge in [-0.05, 0) is 36.8 Å². The van der Waals surface area contributed by atoms with Gasteiger partial charge in [-0.2, -0.15) is 0 Å². The summed E-state index contributed by atoms with van der Waals surface area (Å²) in [5.74, 6) is 1.36. The van der Waals surface area contributed by atoms with E-state index < -0.39 is 0 Å². The molecule has 0 fully saturated rings. The number of nitrogens with zero attached hydrogens (tertiary/aromatic N) is 3. The molecule has 28 heavy (non-hydrogen) atoms. The first-order valence-corrected chi connectivity index (χ1v) is 9.87. The van der Waals surface area contributed by atoms with Gasteiger partial charge in [-0.1, -0.05) is 12.1 Å². The van der Waals surface area contributed by atoms with Gasteiger partial charge in [-0.25, -0.2) is 4.98 Å². The number of amides is 1. The Balaban J connectivity index is 1.68. The predicted octanol–water partition coefficient (Wildman–Crippen LogP) is 3.81. The number of benzene rings is 1. The summed E-state index contributed by atoms with van der Waals surface area (Å²) >= 11 is 1.50. The molecule has 0 unspecified atom stereocenters. The minimum atomic E-state index is 0.0372. The zero-order chi connectivity index (χ0) is 19.9. The van der Waals surface area contributed by atoms with Crippen molar-refractivity contribution in [2.45, 2.75) is 19.9 Å². The molecule has 1 amide bonds. The van der Waals surface area contributed by atoms with Crippen LogP contribution < -0.4 is 9.47 Å². The first kappa shape index (κ1) is 19.8. The number of carbonyl (C=O) groups excluding carboxylic acids is 1. The summed E-state index contributed by atoms with van der Waals surface area (Å²) in [6.07, 6.45) is 2.01. The normalized spacial score (nSPS) is 10.5. The minimum absolute atomic E-state index is 0.0372. The molecule has 146 valence electrons. The van der Waals surface area contributed by atoms with Gasteiger partial charge in [0.2, 0.25) is 5.91 Å². The summed E-state index contributed by atoms with van der Waals surface area (Å²) in [6, 6.07) is 11.4. The number of rotatable bonds is 8. The molecule has 1 aromatic carbocycles. The van der Waals surface area contributed by atoms with Crippen molar-refractivity contribution in [1.29, 1.82) is 0 Å². The monoisotopic (exact) mass is 397 g/mol. The van der Waals surface area contributed by atoms with E-state index in [4.69, 9.17) is 9.47 Å². The second-order valence-electron chi connectivity index (χ2n) is 6.13. The molecule has 0 aliphatic heterocycles. The number of methoxy groups -OCH3 is 2. The third-order valence-corrected chi connectivity index (χ3v) is 5.24. The summed E-state index contributed by atoms with van der Waals surface area (Å²) in [6.45, 7) is 3.09. The molecule has 3 aromatic rings. The van der Waals surface area contributed by atoms with Crippen LogP contribution >= 0.6 is 11.3 Å². The van der Waals surface area contributed by atoms with Gasteiger partial charge in [0.05, 0.1) is 32.0 Å². The topological polar surface area (TPSA) is 64.6 Å². The molecule has 0 N–H and O–H groups in total. The Kier molecular flexibility index (Phi) is 6.60. The highest BCUT2D eigenvalue weighted by molar-refractivity contribution is 7.13. The van der Waals surface area contributed by atoms with Crippen molar-refractivity contribution < 1.29 is 14.3 Å². The standard InChI is InChI=1S/C21H23N3O3S/c1-4-24(13-15-8-9-18(26-2)19(11-15)27-3)20(25)12-16-14-28-21(23-16)17-7-5-6-10-22-17/h5-11,14H,4,12-13H2,1-3H3. The Hall–Kier alpha value is -2.93. The molecule has 3 rings (SSSR count). The van der Waals surface area contributed by atoms with Gasteiger partial charge in [0.25, 0.3) is 0 Å². The minimum Gasteiger partial charge on any atom is -0.493 e. The van der Waals surface area contributed by atoms with E-state index >= 15 is 0 Å². The maximum absolute atomic E-state index is 12.8. The van der Waals surface area contributed by atoms with E-state index in [2.05, 4.69) is 9.97 Å². The van der Waals surface area contributed by atoms with E-state index in [0.29, 0.717) is 24.6 Å². The van der Waals surface area contributed by atoms with Crippen molar-refractivity contribution in [1.82, 2.24) is 14.9 Å². The Morgan fingerprint density at radius 1 is 1.14 bits per heavy atom. The first-order chi connectivity index (χ1) is 13.6. The Bertz CT molecular complexity index is 928. The third kappa shape index (κ3) is 4.67. The molecule has 0 aliphatic rings. The van der Waals surface area contributed by atoms with Crippen molar-refractivity contribution in [2.24, 2.45) is 0 Å². The SMILES string of the molecule is CCN(Cc1ccc(OC)c(OC)c1)C(=O)Cc1csc(-c2ccccn2)n1. The van der Waals surface area contributed by atoms with Crippen LogP contribution in [0.3, 0.4) is 0 Å². The molecule has 0 bridgehead atoms. The van der Waals surface area contributed by atoms with Gasteiger partial charge >= 0.3 is 0 Å². The van der Waals surface area contributed by atoms with Crippen molar-refractivity contribution >= 4 is 17.2 Å². The van der Waals surface area contributed by atoms with Crippen LogP contribution in [0.25, 0.3) is 10.7 Å². The van der Waals surface area contributed by atoms with Gasteiger partial charge in [0, 0.05) is 24.7 Å². The van der Waals surface area contributed by atoms with E-state index in [-0.39, 0.29) is 12.3 Å². The highest BCUT2D eigenvalue weighted by Crippen LogP contribution is 2.28. The van der Waals surface area contributed by atoms with Crippen LogP contribution in [-0.2, 0) is 17.8 Å². The maximum atomic E-state index is 12.8. The second kappa shape index (κ2) is 9.32. The van der Waals surface area contributed by atoms with Crippen LogP contribution in [0, 0.1) is 0 Å². The lowest BCUT2D eigenvalue weighted by molar-refractivity contribution is -0.130. The van der Waals surface area contributed by atoms with Crippen molar-refractivity contribution in [3.63, 3.8) is 0 Å². The number of hydrogen-bond donors (Lipinski definition) is 0. The zero-order valence-electron chi connectivity index (χ0n) is 16.2. The summed E-state index contributed by atoms with van der Waals surface area (Å²) in [7, 11) is 3.21. The van der Waals surface area contributed by atoms with Gasteiger partial charge in [0.1, 0.15) is 5.01 Å². The molecule has 7 heteroatoms. The number of thiazole rings is 1. The van der Waals surface area contributed by atoms with Crippen molar-refractivity contribution in [3.05, 3.63) is 59.2 Å². The van der Waals surface area contributed by atoms with E-state index in [1.807, 2.05) is 48.7 Å². The molecule has 2 heterocycles. The van der Waals surface area contributed by atoms with Crippen molar-refractivity contribution in [3.8, 4) is 22.2 Å². The fraction of sp³-hybridized carbons (Fsp3) is 0.286. The lowest BCUT2D eigenvalue weighted by Crippen LogP contribution is -2.31. The fourth-order valence-corrected chi connectivity index (χ4v) is 3.63. The molecule has 2 aromatic heterocycles. The average Bonchev–Trinajstić information content (AvgIpc) is 3.20. The van der Waals surface area contributed by atoms with Crippen LogP contribution in [-0.4, -0.2) is 41.5 Å². The Labute approximate surface area is 168 Å². The number of carbonyl (C=O) groups is 1. The summed E-state index contributed by atoms with van der Waals surface area (Å²) < 4.78 is 10.6. The van der Waals surface area contributed by atoms with Gasteiger partial charge in [-0.15, -0.1) is 11.3 Å². The van der Waals surface area contributed by atoms with E-state index in [9.17, 15) is 4.79 Å². The highest BCUT2D eigenvalue weighted by Gasteiger charge is 2.16.